The summed E-state index contributed by atoms with van der Waals surface area (Å²) in [5.41, 5.74) is 5.13. The van der Waals surface area contributed by atoms with Crippen molar-refractivity contribution in [3.8, 4) is 11.5 Å². The van der Waals surface area contributed by atoms with Crippen LogP contribution in [0.2, 0.25) is 0 Å². The first-order valence-corrected chi connectivity index (χ1v) is 19.8. The van der Waals surface area contributed by atoms with Crippen LogP contribution in [0.5, 0.6) is 0 Å². The Labute approximate surface area is 314 Å². The molecule has 0 aromatic heterocycles. The number of aromatic nitrogens is 1. The fraction of sp³-hybridized carbons (Fsp3) is 0.467. The van der Waals surface area contributed by atoms with E-state index in [9.17, 15) is 14.7 Å². The molecular formula is C45H57N3O5. The van der Waals surface area contributed by atoms with Crippen molar-refractivity contribution in [2.75, 3.05) is 19.0 Å². The topological polar surface area (TPSA) is 105 Å². The van der Waals surface area contributed by atoms with Gasteiger partial charge in [-0.2, -0.15) is 0 Å². The molecule has 1 aliphatic carbocycles. The number of ether oxygens (including phenoxy) is 1. The van der Waals surface area contributed by atoms with Crippen LogP contribution in [0.15, 0.2) is 76.1 Å². The normalized spacial score (nSPS) is 12.0. The van der Waals surface area contributed by atoms with Gasteiger partial charge in [0.25, 0.3) is 0 Å². The lowest BCUT2D eigenvalue weighted by molar-refractivity contribution is -0.150. The molecule has 0 radical (unpaired) electrons. The lowest BCUT2D eigenvalue weighted by Gasteiger charge is -2.17. The fourth-order valence-electron chi connectivity index (χ4n) is 7.02. The standard InChI is InChI=1S/C45H57N3O5/c1-5-7-20-35(21-8-6-2)52-43(49)24-16-14-12-10-9-11-13-15-19-32-29-33(25-27-36(32)45(50)51)46-40-31-42-44(38-23-18-17-22-37(38)40)47-39-28-26-34(48(3)4)30-41(39)53-42/h17-18,22-23,25-31,35H,5-16,19-21,24H2,1-4H3,(H,50,51). The molecule has 53 heavy (non-hydrogen) atoms. The minimum atomic E-state index is -0.919. The highest BCUT2D eigenvalue weighted by molar-refractivity contribution is 5.96. The molecule has 0 unspecified atom stereocenters. The van der Waals surface area contributed by atoms with Crippen molar-refractivity contribution >= 4 is 45.2 Å². The van der Waals surface area contributed by atoms with Gasteiger partial charge in [-0.25, -0.2) is 14.8 Å². The van der Waals surface area contributed by atoms with Crippen LogP contribution in [0.3, 0.4) is 0 Å². The average molecular weight is 720 g/mol. The van der Waals surface area contributed by atoms with E-state index in [0.29, 0.717) is 35.4 Å². The fourth-order valence-corrected chi connectivity index (χ4v) is 7.02. The maximum absolute atomic E-state index is 12.4. The van der Waals surface area contributed by atoms with Crippen LogP contribution >= 0.6 is 0 Å². The largest absolute Gasteiger partial charge is 0.478 e. The number of benzene rings is 4. The van der Waals surface area contributed by atoms with E-state index in [0.717, 1.165) is 128 Å². The number of rotatable bonds is 21. The highest BCUT2D eigenvalue weighted by Crippen LogP contribution is 2.32. The van der Waals surface area contributed by atoms with E-state index in [1.165, 1.54) is 0 Å². The highest BCUT2D eigenvalue weighted by atomic mass is 16.5. The summed E-state index contributed by atoms with van der Waals surface area (Å²) in [7, 11) is 3.99. The molecule has 8 nitrogen and oxygen atoms in total. The molecule has 3 aromatic rings. The van der Waals surface area contributed by atoms with Crippen molar-refractivity contribution in [1.82, 2.24) is 4.98 Å². The molecule has 3 aromatic carbocycles. The van der Waals surface area contributed by atoms with Gasteiger partial charge in [0.2, 0.25) is 0 Å². The number of fused-ring (bicyclic) bond motifs is 4. The zero-order chi connectivity index (χ0) is 37.6. The second-order valence-electron chi connectivity index (χ2n) is 14.5. The van der Waals surface area contributed by atoms with E-state index in [4.69, 9.17) is 19.1 Å². The molecule has 0 spiro atoms. The van der Waals surface area contributed by atoms with Crippen molar-refractivity contribution in [2.45, 2.75) is 123 Å². The molecule has 0 amide bonds. The summed E-state index contributed by atoms with van der Waals surface area (Å²) in [5, 5.41) is 12.6. The van der Waals surface area contributed by atoms with E-state index < -0.39 is 5.97 Å². The van der Waals surface area contributed by atoms with Crippen molar-refractivity contribution in [2.24, 2.45) is 4.99 Å². The van der Waals surface area contributed by atoms with Crippen LogP contribution in [-0.4, -0.2) is 42.2 Å². The molecule has 282 valence electrons. The number of carbonyl (C=O) groups excluding carboxylic acids is 1. The Hall–Kier alpha value is -4.72. The molecule has 0 saturated heterocycles. The number of carbonyl (C=O) groups is 2. The predicted molar refractivity (Wildman–Crippen MR) is 215 cm³/mol. The number of hydrogen-bond donors (Lipinski definition) is 1. The number of unbranched alkanes of at least 4 members (excludes halogenated alkanes) is 9. The van der Waals surface area contributed by atoms with E-state index in [1.807, 2.05) is 73.6 Å². The second-order valence-corrected chi connectivity index (χ2v) is 14.5. The molecule has 0 atom stereocenters. The lowest BCUT2D eigenvalue weighted by atomic mass is 9.99. The van der Waals surface area contributed by atoms with Gasteiger partial charge in [-0.3, -0.25) is 4.79 Å². The van der Waals surface area contributed by atoms with E-state index in [2.05, 4.69) is 13.8 Å². The maximum atomic E-state index is 12.4. The van der Waals surface area contributed by atoms with Gasteiger partial charge in [-0.15, -0.1) is 0 Å². The minimum Gasteiger partial charge on any atom is -0.478 e. The molecule has 1 aliphatic heterocycles. The van der Waals surface area contributed by atoms with Crippen LogP contribution in [0.1, 0.15) is 126 Å². The molecule has 1 N–H and O–H groups in total. The Kier molecular flexibility index (Phi) is 14.8. The average Bonchev–Trinajstić information content (AvgIpc) is 3.15. The number of anilines is 1. The Morgan fingerprint density at radius 1 is 0.811 bits per heavy atom. The third kappa shape index (κ3) is 11.1. The monoisotopic (exact) mass is 719 g/mol. The molecular weight excluding hydrogens is 663 g/mol. The SMILES string of the molecule is CCCCC(CCCC)OC(=O)CCCCCCCCCCc1cc(N=c2cc3oc4cc(N(C)C)ccc4nc-3c3ccccc23)ccc1C(=O)O. The molecule has 0 saturated carbocycles. The van der Waals surface area contributed by atoms with E-state index >= 15 is 0 Å². The van der Waals surface area contributed by atoms with E-state index in [-0.39, 0.29) is 12.1 Å². The summed E-state index contributed by atoms with van der Waals surface area (Å²) in [5.74, 6) is -0.312. The van der Waals surface area contributed by atoms with Crippen LogP contribution in [0.4, 0.5) is 11.4 Å². The summed E-state index contributed by atoms with van der Waals surface area (Å²) in [6.07, 6.45) is 16.1. The summed E-state index contributed by atoms with van der Waals surface area (Å²) in [6.45, 7) is 4.35. The summed E-state index contributed by atoms with van der Waals surface area (Å²) in [6, 6.07) is 21.4. The molecule has 0 fully saturated rings. The summed E-state index contributed by atoms with van der Waals surface area (Å²) >= 11 is 0. The van der Waals surface area contributed by atoms with Crippen LogP contribution in [-0.2, 0) is 16.0 Å². The Balaban J connectivity index is 1.17. The number of hydrogen-bond acceptors (Lipinski definition) is 7. The first-order valence-electron chi connectivity index (χ1n) is 19.8. The number of carboxylic acid groups (broad SMARTS) is 1. The quantitative estimate of drug-likeness (QED) is 0.0348. The van der Waals surface area contributed by atoms with Gasteiger partial charge in [0.1, 0.15) is 17.3 Å². The van der Waals surface area contributed by atoms with Gasteiger partial charge in [0.05, 0.1) is 16.6 Å². The van der Waals surface area contributed by atoms with Crippen molar-refractivity contribution in [3.63, 3.8) is 0 Å². The third-order valence-corrected chi connectivity index (χ3v) is 10.1. The van der Waals surface area contributed by atoms with Crippen LogP contribution in [0, 0.1) is 0 Å². The molecule has 5 rings (SSSR count). The van der Waals surface area contributed by atoms with Gasteiger partial charge in [-0.1, -0.05) is 102 Å². The van der Waals surface area contributed by atoms with Gasteiger partial charge in [0, 0.05) is 49.1 Å². The predicted octanol–water partition coefficient (Wildman–Crippen LogP) is 11.4. The molecule has 8 heteroatoms. The van der Waals surface area contributed by atoms with Gasteiger partial charge in [-0.05, 0) is 68.0 Å². The Morgan fingerprint density at radius 2 is 1.49 bits per heavy atom. The lowest BCUT2D eigenvalue weighted by Crippen LogP contribution is -2.18. The first kappa shape index (κ1) is 39.5. The Bertz CT molecular complexity index is 1990. The van der Waals surface area contributed by atoms with Crippen LogP contribution < -0.4 is 10.3 Å². The second kappa shape index (κ2) is 19.9. The van der Waals surface area contributed by atoms with Crippen molar-refractivity contribution in [1.29, 1.82) is 0 Å². The minimum absolute atomic E-state index is 0.0363. The third-order valence-electron chi connectivity index (χ3n) is 10.1. The Morgan fingerprint density at radius 3 is 2.17 bits per heavy atom. The zero-order valence-electron chi connectivity index (χ0n) is 32.2. The van der Waals surface area contributed by atoms with Crippen molar-refractivity contribution < 1.29 is 23.8 Å². The summed E-state index contributed by atoms with van der Waals surface area (Å²) in [4.78, 5) is 36.5. The molecule has 0 bridgehead atoms. The smallest absolute Gasteiger partial charge is 0.335 e. The van der Waals surface area contributed by atoms with Gasteiger partial charge in [0.15, 0.2) is 11.3 Å². The van der Waals surface area contributed by atoms with Gasteiger partial charge < -0.3 is 19.2 Å². The number of aryl methyl sites for hydroxylation is 1. The number of aromatic carboxylic acids is 1. The van der Waals surface area contributed by atoms with Gasteiger partial charge >= 0.3 is 11.9 Å². The zero-order valence-corrected chi connectivity index (χ0v) is 32.2. The number of carboxylic acids is 1. The molecule has 1 heterocycles. The van der Waals surface area contributed by atoms with Crippen molar-refractivity contribution in [3.05, 3.63) is 83.2 Å². The first-order chi connectivity index (χ1) is 25.8. The number of esters is 1. The number of nitrogens with zero attached hydrogens (tertiary/aromatic N) is 3. The van der Waals surface area contributed by atoms with E-state index in [1.54, 1.807) is 12.1 Å². The summed E-state index contributed by atoms with van der Waals surface area (Å²) < 4.78 is 12.2. The maximum Gasteiger partial charge on any atom is 0.335 e. The van der Waals surface area contributed by atoms with Crippen LogP contribution in [0.25, 0.3) is 33.3 Å². The molecule has 2 aliphatic rings. The highest BCUT2D eigenvalue weighted by Gasteiger charge is 2.17.